The SMILES string of the molecule is CN(Cc1cnc(C2CCOCC2)n1C(=O)O)C(=O)OC(C)(C)C. The van der Waals surface area contributed by atoms with Gasteiger partial charge in [-0.25, -0.2) is 19.1 Å². The highest BCUT2D eigenvalue weighted by molar-refractivity contribution is 5.71. The van der Waals surface area contributed by atoms with Gasteiger partial charge in [-0.2, -0.15) is 0 Å². The number of hydrogen-bond acceptors (Lipinski definition) is 5. The van der Waals surface area contributed by atoms with Gasteiger partial charge in [0.05, 0.1) is 18.4 Å². The molecule has 1 fully saturated rings. The molecular formula is C16H25N3O5. The number of nitrogens with zero attached hydrogens (tertiary/aromatic N) is 3. The van der Waals surface area contributed by atoms with Gasteiger partial charge in [0.1, 0.15) is 11.4 Å². The molecule has 0 saturated carbocycles. The summed E-state index contributed by atoms with van der Waals surface area (Å²) < 4.78 is 11.8. The highest BCUT2D eigenvalue weighted by atomic mass is 16.6. The second-order valence-corrected chi connectivity index (χ2v) is 6.95. The molecule has 1 amide bonds. The molecular weight excluding hydrogens is 314 g/mol. The van der Waals surface area contributed by atoms with Gasteiger partial charge < -0.3 is 19.5 Å². The predicted molar refractivity (Wildman–Crippen MR) is 86.1 cm³/mol. The number of carbonyl (C=O) groups excluding carboxylic acids is 1. The van der Waals surface area contributed by atoms with Crippen molar-refractivity contribution in [3.63, 3.8) is 0 Å². The van der Waals surface area contributed by atoms with E-state index in [0.717, 1.165) is 12.8 Å². The van der Waals surface area contributed by atoms with E-state index in [1.54, 1.807) is 27.8 Å². The fourth-order valence-electron chi connectivity index (χ4n) is 2.63. The zero-order chi connectivity index (χ0) is 17.9. The van der Waals surface area contributed by atoms with E-state index in [0.29, 0.717) is 24.7 Å². The zero-order valence-electron chi connectivity index (χ0n) is 14.6. The number of ether oxygens (including phenoxy) is 2. The molecule has 0 atom stereocenters. The molecule has 1 N–H and O–H groups in total. The first-order valence-electron chi connectivity index (χ1n) is 8.00. The van der Waals surface area contributed by atoms with Gasteiger partial charge in [0.15, 0.2) is 0 Å². The summed E-state index contributed by atoms with van der Waals surface area (Å²) in [5.74, 6) is 0.564. The first-order valence-corrected chi connectivity index (χ1v) is 8.00. The Morgan fingerprint density at radius 3 is 2.58 bits per heavy atom. The number of amides is 1. The summed E-state index contributed by atoms with van der Waals surface area (Å²) in [5, 5.41) is 9.56. The van der Waals surface area contributed by atoms with Crippen LogP contribution in [0.4, 0.5) is 9.59 Å². The Balaban J connectivity index is 2.16. The van der Waals surface area contributed by atoms with Crippen LogP contribution in [0.5, 0.6) is 0 Å². The normalized spacial score (nSPS) is 16.0. The summed E-state index contributed by atoms with van der Waals surface area (Å²) in [4.78, 5) is 29.4. The van der Waals surface area contributed by atoms with Gasteiger partial charge in [0, 0.05) is 26.2 Å². The molecule has 8 nitrogen and oxygen atoms in total. The standard InChI is InChI=1S/C16H25N3O5/c1-16(2,3)24-15(22)18(4)10-12-9-17-13(19(12)14(20)21)11-5-7-23-8-6-11/h9,11H,5-8,10H2,1-4H3,(H,20,21). The quantitative estimate of drug-likeness (QED) is 0.910. The van der Waals surface area contributed by atoms with Crippen molar-refractivity contribution >= 4 is 12.2 Å². The zero-order valence-corrected chi connectivity index (χ0v) is 14.6. The average molecular weight is 339 g/mol. The molecule has 0 aromatic carbocycles. The monoisotopic (exact) mass is 339 g/mol. The van der Waals surface area contributed by atoms with Crippen LogP contribution in [0.15, 0.2) is 6.20 Å². The second kappa shape index (κ2) is 7.21. The van der Waals surface area contributed by atoms with E-state index in [1.165, 1.54) is 15.7 Å². The molecule has 2 rings (SSSR count). The fourth-order valence-corrected chi connectivity index (χ4v) is 2.63. The lowest BCUT2D eigenvalue weighted by Gasteiger charge is -2.25. The Hall–Kier alpha value is -2.09. The smallest absolute Gasteiger partial charge is 0.417 e. The molecule has 1 aromatic heterocycles. The maximum atomic E-state index is 12.1. The van der Waals surface area contributed by atoms with Crippen LogP contribution in [0.1, 0.15) is 51.0 Å². The summed E-state index contributed by atoms with van der Waals surface area (Å²) in [6.07, 6.45) is 1.40. The summed E-state index contributed by atoms with van der Waals surface area (Å²) in [6, 6.07) is 0. The molecule has 24 heavy (non-hydrogen) atoms. The number of carboxylic acid groups (broad SMARTS) is 1. The highest BCUT2D eigenvalue weighted by Crippen LogP contribution is 2.27. The summed E-state index contributed by atoms with van der Waals surface area (Å²) in [5.41, 5.74) is -0.164. The van der Waals surface area contributed by atoms with Crippen LogP contribution in [-0.2, 0) is 16.0 Å². The van der Waals surface area contributed by atoms with Crippen LogP contribution < -0.4 is 0 Å². The van der Waals surface area contributed by atoms with E-state index in [4.69, 9.17) is 9.47 Å². The van der Waals surface area contributed by atoms with E-state index < -0.39 is 17.8 Å². The van der Waals surface area contributed by atoms with Crippen molar-refractivity contribution in [2.24, 2.45) is 0 Å². The van der Waals surface area contributed by atoms with E-state index >= 15 is 0 Å². The van der Waals surface area contributed by atoms with Gasteiger partial charge in [-0.05, 0) is 33.6 Å². The third-order valence-electron chi connectivity index (χ3n) is 3.74. The van der Waals surface area contributed by atoms with Crippen molar-refractivity contribution in [3.8, 4) is 0 Å². The molecule has 0 aliphatic carbocycles. The summed E-state index contributed by atoms with van der Waals surface area (Å²) in [6.45, 7) is 6.66. The number of aromatic nitrogens is 2. The average Bonchev–Trinajstić information content (AvgIpc) is 2.90. The van der Waals surface area contributed by atoms with Crippen LogP contribution in [0.25, 0.3) is 0 Å². The van der Waals surface area contributed by atoms with E-state index in [9.17, 15) is 14.7 Å². The van der Waals surface area contributed by atoms with Gasteiger partial charge in [-0.3, -0.25) is 0 Å². The lowest BCUT2D eigenvalue weighted by Crippen LogP contribution is -2.34. The molecule has 134 valence electrons. The number of imidazole rings is 1. The molecule has 0 bridgehead atoms. The van der Waals surface area contributed by atoms with Crippen molar-refractivity contribution in [1.82, 2.24) is 14.5 Å². The number of carbonyl (C=O) groups is 2. The van der Waals surface area contributed by atoms with Crippen molar-refractivity contribution in [2.75, 3.05) is 20.3 Å². The van der Waals surface area contributed by atoms with Crippen LogP contribution in [-0.4, -0.2) is 57.6 Å². The minimum absolute atomic E-state index is 0.0513. The first kappa shape index (κ1) is 18.3. The Kier molecular flexibility index (Phi) is 5.48. The Bertz CT molecular complexity index is 599. The highest BCUT2D eigenvalue weighted by Gasteiger charge is 2.27. The Morgan fingerprint density at radius 2 is 2.04 bits per heavy atom. The maximum Gasteiger partial charge on any atom is 0.417 e. The van der Waals surface area contributed by atoms with Crippen LogP contribution in [0.3, 0.4) is 0 Å². The third kappa shape index (κ3) is 4.47. The molecule has 0 radical (unpaired) electrons. The second-order valence-electron chi connectivity index (χ2n) is 6.95. The minimum atomic E-state index is -1.10. The molecule has 0 spiro atoms. The van der Waals surface area contributed by atoms with Gasteiger partial charge in [-0.15, -0.1) is 0 Å². The van der Waals surface area contributed by atoms with E-state index in [-0.39, 0.29) is 12.5 Å². The Morgan fingerprint density at radius 1 is 1.42 bits per heavy atom. The summed E-state index contributed by atoms with van der Waals surface area (Å²) in [7, 11) is 1.57. The molecule has 1 saturated heterocycles. The molecule has 1 aromatic rings. The van der Waals surface area contributed by atoms with E-state index in [2.05, 4.69) is 4.98 Å². The van der Waals surface area contributed by atoms with Crippen LogP contribution >= 0.6 is 0 Å². The largest absolute Gasteiger partial charge is 0.464 e. The molecule has 2 heterocycles. The predicted octanol–water partition coefficient (Wildman–Crippen LogP) is 2.67. The Labute approximate surface area is 141 Å². The van der Waals surface area contributed by atoms with Crippen LogP contribution in [0.2, 0.25) is 0 Å². The number of hydrogen-bond donors (Lipinski definition) is 1. The van der Waals surface area contributed by atoms with Crippen molar-refractivity contribution < 1.29 is 24.2 Å². The lowest BCUT2D eigenvalue weighted by molar-refractivity contribution is 0.0281. The molecule has 8 heteroatoms. The third-order valence-corrected chi connectivity index (χ3v) is 3.74. The molecule has 1 aliphatic rings. The van der Waals surface area contributed by atoms with Crippen LogP contribution in [0, 0.1) is 0 Å². The van der Waals surface area contributed by atoms with Gasteiger partial charge >= 0.3 is 12.2 Å². The van der Waals surface area contributed by atoms with Crippen molar-refractivity contribution in [3.05, 3.63) is 17.7 Å². The topological polar surface area (TPSA) is 93.9 Å². The number of rotatable bonds is 3. The van der Waals surface area contributed by atoms with Gasteiger partial charge in [0.2, 0.25) is 0 Å². The molecule has 1 aliphatic heterocycles. The summed E-state index contributed by atoms with van der Waals surface area (Å²) >= 11 is 0. The first-order chi connectivity index (χ1) is 11.2. The fraction of sp³-hybridized carbons (Fsp3) is 0.688. The van der Waals surface area contributed by atoms with Gasteiger partial charge in [-0.1, -0.05) is 0 Å². The van der Waals surface area contributed by atoms with Gasteiger partial charge in [0.25, 0.3) is 0 Å². The van der Waals surface area contributed by atoms with Crippen molar-refractivity contribution in [2.45, 2.75) is 51.7 Å². The van der Waals surface area contributed by atoms with E-state index in [1.807, 2.05) is 0 Å². The molecule has 0 unspecified atom stereocenters. The maximum absolute atomic E-state index is 12.1. The minimum Gasteiger partial charge on any atom is -0.464 e. The lowest BCUT2D eigenvalue weighted by atomic mass is 9.99. The van der Waals surface area contributed by atoms with Crippen molar-refractivity contribution in [1.29, 1.82) is 0 Å².